The molecule has 0 fully saturated rings. The number of nitrogens with one attached hydrogen (secondary N) is 1. The van der Waals surface area contributed by atoms with Gasteiger partial charge < -0.3 is 14.8 Å². The molecule has 0 aromatic heterocycles. The average Bonchev–Trinajstić information content (AvgIpc) is 2.00. The van der Waals surface area contributed by atoms with Crippen LogP contribution >= 0.6 is 0 Å². The second kappa shape index (κ2) is 5.40. The first kappa shape index (κ1) is 9.61. The highest BCUT2D eigenvalue weighted by Gasteiger charge is 2.16. The highest BCUT2D eigenvalue weighted by atomic mass is 16.5. The third-order valence-corrected chi connectivity index (χ3v) is 0.924. The minimum Gasteiger partial charge on any atom is -0.464 e. The lowest BCUT2D eigenvalue weighted by molar-refractivity contribution is -0.147. The Morgan fingerprint density at radius 1 is 1.64 bits per heavy atom. The van der Waals surface area contributed by atoms with E-state index in [1.165, 1.54) is 0 Å². The summed E-state index contributed by atoms with van der Waals surface area (Å²) >= 11 is 0. The summed E-state index contributed by atoms with van der Waals surface area (Å²) in [6.45, 7) is 1.80. The maximum Gasteiger partial charge on any atom is 0.336 e. The summed E-state index contributed by atoms with van der Waals surface area (Å²) in [5, 5.41) is 1.99. The normalized spacial score (nSPS) is 11.4. The van der Waals surface area contributed by atoms with E-state index < -0.39 is 12.0 Å². The number of esters is 1. The van der Waals surface area contributed by atoms with Crippen molar-refractivity contribution in [2.45, 2.75) is 13.0 Å². The first-order chi connectivity index (χ1) is 5.26. The van der Waals surface area contributed by atoms with Crippen molar-refractivity contribution in [2.75, 3.05) is 6.61 Å². The van der Waals surface area contributed by atoms with Gasteiger partial charge >= 0.3 is 5.97 Å². The predicted molar refractivity (Wildman–Crippen MR) is 35.7 cm³/mol. The third kappa shape index (κ3) is 3.34. The Morgan fingerprint density at radius 3 is 2.64 bits per heavy atom. The zero-order valence-electron chi connectivity index (χ0n) is 6.07. The second-order valence-electron chi connectivity index (χ2n) is 1.65. The van der Waals surface area contributed by atoms with Gasteiger partial charge in [-0.1, -0.05) is 0 Å². The van der Waals surface area contributed by atoms with Gasteiger partial charge in [0.05, 0.1) is 6.61 Å². The number of carbonyl (C=O) groups is 3. The van der Waals surface area contributed by atoms with Gasteiger partial charge in [0.1, 0.15) is 0 Å². The maximum atomic E-state index is 10.7. The van der Waals surface area contributed by atoms with E-state index in [9.17, 15) is 14.4 Å². The average molecular weight is 159 g/mol. The molecule has 1 N–H and O–H groups in total. The second-order valence-corrected chi connectivity index (χ2v) is 1.65. The Morgan fingerprint density at radius 2 is 2.27 bits per heavy atom. The predicted octanol–water partition coefficient (Wildman–Crippen LogP) is -1.14. The number of amides is 1. The van der Waals surface area contributed by atoms with Gasteiger partial charge in [-0.3, -0.25) is 4.79 Å². The molecule has 5 nitrogen and oxygen atoms in total. The molecule has 0 aliphatic carbocycles. The van der Waals surface area contributed by atoms with Crippen LogP contribution in [0.1, 0.15) is 6.92 Å². The highest BCUT2D eigenvalue weighted by Crippen LogP contribution is 1.83. The molecule has 0 spiro atoms. The summed E-state index contributed by atoms with van der Waals surface area (Å²) in [7, 11) is 0. The van der Waals surface area contributed by atoms with E-state index in [0.717, 1.165) is 0 Å². The molecule has 0 saturated carbocycles. The first-order valence-electron chi connectivity index (χ1n) is 3.07. The molecule has 11 heavy (non-hydrogen) atoms. The van der Waals surface area contributed by atoms with Gasteiger partial charge in [0.15, 0.2) is 12.3 Å². The van der Waals surface area contributed by atoms with Gasteiger partial charge in [-0.2, -0.15) is 0 Å². The van der Waals surface area contributed by atoms with Crippen LogP contribution in [0.25, 0.3) is 0 Å². The molecule has 1 amide bonds. The SMILES string of the molecule is CCOC(=O)[C@H](C=O)NC=O. The number of hydrogen-bond acceptors (Lipinski definition) is 4. The topological polar surface area (TPSA) is 72.5 Å². The summed E-state index contributed by atoms with van der Waals surface area (Å²) in [6, 6.07) is -1.17. The molecule has 62 valence electrons. The molecule has 0 rings (SSSR count). The van der Waals surface area contributed by atoms with E-state index in [-0.39, 0.29) is 13.0 Å². The molecule has 0 radical (unpaired) electrons. The summed E-state index contributed by atoms with van der Waals surface area (Å²) in [4.78, 5) is 30.6. The fourth-order valence-electron chi connectivity index (χ4n) is 0.468. The summed E-state index contributed by atoms with van der Waals surface area (Å²) in [6.07, 6.45) is 0.586. The van der Waals surface area contributed by atoms with Gasteiger partial charge in [0.2, 0.25) is 6.41 Å². The van der Waals surface area contributed by atoms with Crippen LogP contribution in [0, 0.1) is 0 Å². The molecule has 0 bridgehead atoms. The zero-order valence-corrected chi connectivity index (χ0v) is 6.07. The van der Waals surface area contributed by atoms with Gasteiger partial charge in [0, 0.05) is 0 Å². The first-order valence-corrected chi connectivity index (χ1v) is 3.07. The Labute approximate surface area is 63.7 Å². The van der Waals surface area contributed by atoms with E-state index in [0.29, 0.717) is 6.29 Å². The molecule has 0 aromatic carbocycles. The van der Waals surface area contributed by atoms with E-state index >= 15 is 0 Å². The Kier molecular flexibility index (Phi) is 4.72. The maximum absolute atomic E-state index is 10.7. The van der Waals surface area contributed by atoms with Crippen LogP contribution in [0.5, 0.6) is 0 Å². The fourth-order valence-corrected chi connectivity index (χ4v) is 0.468. The van der Waals surface area contributed by atoms with Crippen molar-refractivity contribution < 1.29 is 19.1 Å². The van der Waals surface area contributed by atoms with Crippen molar-refractivity contribution in [3.05, 3.63) is 0 Å². The standard InChI is InChI=1S/C6H9NO4/c1-2-11-6(10)5(3-8)7-4-9/h3-5H,2H2,1H3,(H,7,9)/t5-/m0/s1. The van der Waals surface area contributed by atoms with Crippen molar-refractivity contribution in [1.82, 2.24) is 5.32 Å². The number of ether oxygens (including phenoxy) is 1. The third-order valence-electron chi connectivity index (χ3n) is 0.924. The van der Waals surface area contributed by atoms with E-state index in [2.05, 4.69) is 4.74 Å². The number of rotatable bonds is 5. The van der Waals surface area contributed by atoms with Crippen molar-refractivity contribution in [3.8, 4) is 0 Å². The molecule has 5 heteroatoms. The van der Waals surface area contributed by atoms with Crippen molar-refractivity contribution >= 4 is 18.7 Å². The highest BCUT2D eigenvalue weighted by molar-refractivity contribution is 5.93. The molecule has 0 aromatic rings. The molecular formula is C6H9NO4. The zero-order chi connectivity index (χ0) is 8.69. The molecule has 0 saturated heterocycles. The van der Waals surface area contributed by atoms with Crippen LogP contribution in [0.2, 0.25) is 0 Å². The number of aldehydes is 1. The van der Waals surface area contributed by atoms with E-state index in [1.54, 1.807) is 6.92 Å². The lowest BCUT2D eigenvalue weighted by Gasteiger charge is -2.06. The van der Waals surface area contributed by atoms with Crippen molar-refractivity contribution in [1.29, 1.82) is 0 Å². The Balaban J connectivity index is 3.90. The van der Waals surface area contributed by atoms with Crippen LogP contribution in [-0.2, 0) is 19.1 Å². The number of hydrogen-bond donors (Lipinski definition) is 1. The largest absolute Gasteiger partial charge is 0.464 e. The Bertz CT molecular complexity index is 157. The molecular weight excluding hydrogens is 150 g/mol. The lowest BCUT2D eigenvalue weighted by Crippen LogP contribution is -2.38. The van der Waals surface area contributed by atoms with Gasteiger partial charge in [-0.25, -0.2) is 4.79 Å². The molecule has 0 aliphatic heterocycles. The van der Waals surface area contributed by atoms with E-state index in [1.807, 2.05) is 5.32 Å². The van der Waals surface area contributed by atoms with Crippen LogP contribution in [0.4, 0.5) is 0 Å². The summed E-state index contributed by atoms with van der Waals surface area (Å²) < 4.78 is 4.46. The van der Waals surface area contributed by atoms with E-state index in [4.69, 9.17) is 0 Å². The van der Waals surface area contributed by atoms with Gasteiger partial charge in [0.25, 0.3) is 0 Å². The van der Waals surface area contributed by atoms with Crippen LogP contribution in [0.15, 0.2) is 0 Å². The summed E-state index contributed by atoms with van der Waals surface area (Å²) in [5.41, 5.74) is 0. The van der Waals surface area contributed by atoms with Crippen molar-refractivity contribution in [3.63, 3.8) is 0 Å². The quantitative estimate of drug-likeness (QED) is 0.313. The van der Waals surface area contributed by atoms with Crippen LogP contribution in [-0.4, -0.2) is 31.3 Å². The fraction of sp³-hybridized carbons (Fsp3) is 0.500. The van der Waals surface area contributed by atoms with Gasteiger partial charge in [-0.15, -0.1) is 0 Å². The minimum absolute atomic E-state index is 0.184. The van der Waals surface area contributed by atoms with Crippen LogP contribution in [0.3, 0.4) is 0 Å². The number of carbonyl (C=O) groups excluding carboxylic acids is 3. The smallest absolute Gasteiger partial charge is 0.336 e. The monoisotopic (exact) mass is 159 g/mol. The molecule has 1 atom stereocenters. The van der Waals surface area contributed by atoms with Crippen molar-refractivity contribution in [2.24, 2.45) is 0 Å². The van der Waals surface area contributed by atoms with Gasteiger partial charge in [-0.05, 0) is 6.92 Å². The summed E-state index contributed by atoms with van der Waals surface area (Å²) in [5.74, 6) is -0.741. The molecule has 0 aliphatic rings. The van der Waals surface area contributed by atoms with Crippen LogP contribution < -0.4 is 5.32 Å². The minimum atomic E-state index is -1.17. The Hall–Kier alpha value is -1.39. The lowest BCUT2D eigenvalue weighted by atomic mass is 10.3. The molecule has 0 unspecified atom stereocenters. The molecule has 0 heterocycles.